The number of aliphatic hydroxyl groups excluding tert-OH is 1. The fourth-order valence-corrected chi connectivity index (χ4v) is 2.44. The van der Waals surface area contributed by atoms with Crippen LogP contribution in [0.5, 0.6) is 0 Å². The zero-order chi connectivity index (χ0) is 9.90. The van der Waals surface area contributed by atoms with Gasteiger partial charge in [0.05, 0.1) is 17.3 Å². The molecule has 0 heterocycles. The molecule has 1 N–H and O–H groups in total. The van der Waals surface area contributed by atoms with Crippen LogP contribution in [-0.2, 0) is 9.84 Å². The Bertz CT molecular complexity index is 382. The molecule has 0 amide bonds. The number of benzene rings is 1. The van der Waals surface area contributed by atoms with Crippen molar-refractivity contribution in [3.8, 4) is 0 Å². The van der Waals surface area contributed by atoms with Crippen molar-refractivity contribution in [2.75, 3.05) is 12.4 Å². The van der Waals surface area contributed by atoms with E-state index >= 15 is 0 Å². The topological polar surface area (TPSA) is 54.4 Å². The third kappa shape index (κ3) is 2.29. The normalized spacial score (nSPS) is 11.5. The van der Waals surface area contributed by atoms with Crippen LogP contribution in [0.25, 0.3) is 0 Å². The average Bonchev–Trinajstić information content (AvgIpc) is 2.04. The largest absolute Gasteiger partial charge is 0.395 e. The van der Waals surface area contributed by atoms with Gasteiger partial charge in [-0.2, -0.15) is 0 Å². The van der Waals surface area contributed by atoms with Gasteiger partial charge < -0.3 is 5.11 Å². The van der Waals surface area contributed by atoms with E-state index in [2.05, 4.69) is 0 Å². The summed E-state index contributed by atoms with van der Waals surface area (Å²) in [5.41, 5.74) is 0.718. The van der Waals surface area contributed by atoms with Crippen molar-refractivity contribution in [1.29, 1.82) is 0 Å². The molecule has 0 aromatic heterocycles. The number of rotatable bonds is 3. The lowest BCUT2D eigenvalue weighted by Crippen LogP contribution is -2.11. The molecule has 0 atom stereocenters. The maximum absolute atomic E-state index is 11.5. The molecule has 1 aromatic carbocycles. The van der Waals surface area contributed by atoms with Crippen molar-refractivity contribution in [3.05, 3.63) is 29.8 Å². The van der Waals surface area contributed by atoms with Crippen molar-refractivity contribution in [1.82, 2.24) is 0 Å². The summed E-state index contributed by atoms with van der Waals surface area (Å²) in [5.74, 6) is -0.210. The Kier molecular flexibility index (Phi) is 3.06. The summed E-state index contributed by atoms with van der Waals surface area (Å²) in [6, 6.07) is 6.76. The zero-order valence-corrected chi connectivity index (χ0v) is 8.21. The molecule has 0 bridgehead atoms. The number of hydrogen-bond acceptors (Lipinski definition) is 3. The fourth-order valence-electron chi connectivity index (χ4n) is 1.14. The lowest BCUT2D eigenvalue weighted by Gasteiger charge is -2.04. The molecule has 0 saturated heterocycles. The Morgan fingerprint density at radius 1 is 1.31 bits per heavy atom. The second-order valence-electron chi connectivity index (χ2n) is 2.81. The predicted molar refractivity (Wildman–Crippen MR) is 50.3 cm³/mol. The van der Waals surface area contributed by atoms with Crippen molar-refractivity contribution in [2.45, 2.75) is 11.8 Å². The van der Waals surface area contributed by atoms with E-state index in [1.165, 1.54) is 0 Å². The molecule has 0 fully saturated rings. The van der Waals surface area contributed by atoms with Gasteiger partial charge in [0.25, 0.3) is 0 Å². The molecule has 13 heavy (non-hydrogen) atoms. The molecule has 3 nitrogen and oxygen atoms in total. The quantitative estimate of drug-likeness (QED) is 0.783. The molecule has 1 aromatic rings. The maximum Gasteiger partial charge on any atom is 0.180 e. The molecule has 0 aliphatic heterocycles. The Hall–Kier alpha value is -0.870. The highest BCUT2D eigenvalue weighted by molar-refractivity contribution is 7.91. The summed E-state index contributed by atoms with van der Waals surface area (Å²) in [4.78, 5) is 0.309. The van der Waals surface area contributed by atoms with E-state index in [9.17, 15) is 8.42 Å². The monoisotopic (exact) mass is 200 g/mol. The second-order valence-corrected chi connectivity index (χ2v) is 4.89. The number of sulfone groups is 1. The molecule has 0 spiro atoms. The van der Waals surface area contributed by atoms with Crippen molar-refractivity contribution >= 4 is 9.84 Å². The number of hydrogen-bond donors (Lipinski definition) is 1. The Morgan fingerprint density at radius 2 is 1.92 bits per heavy atom. The van der Waals surface area contributed by atoms with Crippen LogP contribution in [0.15, 0.2) is 29.2 Å². The summed E-state index contributed by atoms with van der Waals surface area (Å²) in [6.07, 6.45) is 0. The van der Waals surface area contributed by atoms with Crippen molar-refractivity contribution < 1.29 is 13.5 Å². The third-order valence-corrected chi connectivity index (χ3v) is 3.64. The standard InChI is InChI=1S/C9H12O3S/c1-8-4-2-3-5-9(8)13(11,12)7-6-10/h2-5,10H,6-7H2,1H3. The van der Waals surface area contributed by atoms with Gasteiger partial charge in [0.2, 0.25) is 0 Å². The first-order valence-electron chi connectivity index (χ1n) is 3.97. The highest BCUT2D eigenvalue weighted by atomic mass is 32.2. The minimum Gasteiger partial charge on any atom is -0.395 e. The maximum atomic E-state index is 11.5. The minimum atomic E-state index is -3.29. The van der Waals surface area contributed by atoms with Crippen LogP contribution in [-0.4, -0.2) is 25.9 Å². The SMILES string of the molecule is Cc1ccccc1S(=O)(=O)CCO. The Morgan fingerprint density at radius 3 is 2.46 bits per heavy atom. The molecular weight excluding hydrogens is 188 g/mol. The van der Waals surface area contributed by atoms with E-state index < -0.39 is 9.84 Å². The predicted octanol–water partition coefficient (Wildman–Crippen LogP) is 0.761. The van der Waals surface area contributed by atoms with Gasteiger partial charge in [-0.15, -0.1) is 0 Å². The van der Waals surface area contributed by atoms with E-state index in [1.54, 1.807) is 31.2 Å². The Balaban J connectivity index is 3.15. The highest BCUT2D eigenvalue weighted by Crippen LogP contribution is 2.15. The van der Waals surface area contributed by atoms with Gasteiger partial charge in [-0.05, 0) is 18.6 Å². The van der Waals surface area contributed by atoms with Crippen LogP contribution in [0.2, 0.25) is 0 Å². The Labute approximate surface area is 77.9 Å². The third-order valence-electron chi connectivity index (χ3n) is 1.79. The zero-order valence-electron chi connectivity index (χ0n) is 7.40. The van der Waals surface area contributed by atoms with Gasteiger partial charge in [0.15, 0.2) is 9.84 Å². The van der Waals surface area contributed by atoms with Crippen LogP contribution in [0.4, 0.5) is 0 Å². The van der Waals surface area contributed by atoms with E-state index in [0.717, 1.165) is 5.56 Å². The van der Waals surface area contributed by atoms with Crippen molar-refractivity contribution in [3.63, 3.8) is 0 Å². The van der Waals surface area contributed by atoms with Gasteiger partial charge >= 0.3 is 0 Å². The molecule has 1 rings (SSSR count). The lowest BCUT2D eigenvalue weighted by atomic mass is 10.2. The lowest BCUT2D eigenvalue weighted by molar-refractivity contribution is 0.319. The summed E-state index contributed by atoms with van der Waals surface area (Å²) >= 11 is 0. The molecule has 0 saturated carbocycles. The highest BCUT2D eigenvalue weighted by Gasteiger charge is 2.14. The molecule has 0 radical (unpaired) electrons. The van der Waals surface area contributed by atoms with Gasteiger partial charge in [0.1, 0.15) is 0 Å². The van der Waals surface area contributed by atoms with Crippen LogP contribution in [0.1, 0.15) is 5.56 Å². The fraction of sp³-hybridized carbons (Fsp3) is 0.333. The summed E-state index contributed by atoms with van der Waals surface area (Å²) in [6.45, 7) is 1.40. The van der Waals surface area contributed by atoms with Gasteiger partial charge in [-0.3, -0.25) is 0 Å². The second kappa shape index (κ2) is 3.89. The van der Waals surface area contributed by atoms with E-state index in [-0.39, 0.29) is 12.4 Å². The summed E-state index contributed by atoms with van der Waals surface area (Å²) in [7, 11) is -3.29. The first-order valence-corrected chi connectivity index (χ1v) is 5.62. The van der Waals surface area contributed by atoms with Crippen LogP contribution in [0, 0.1) is 6.92 Å². The van der Waals surface area contributed by atoms with Crippen molar-refractivity contribution in [2.24, 2.45) is 0 Å². The first-order chi connectivity index (χ1) is 6.08. The number of aliphatic hydroxyl groups is 1. The van der Waals surface area contributed by atoms with E-state index in [0.29, 0.717) is 4.90 Å². The molecule has 0 unspecified atom stereocenters. The average molecular weight is 200 g/mol. The van der Waals surface area contributed by atoms with Crippen LogP contribution < -0.4 is 0 Å². The number of aryl methyl sites for hydroxylation is 1. The molecule has 72 valence electrons. The molecule has 4 heteroatoms. The van der Waals surface area contributed by atoms with E-state index in [1.807, 2.05) is 0 Å². The first kappa shape index (κ1) is 10.2. The smallest absolute Gasteiger partial charge is 0.180 e. The summed E-state index contributed by atoms with van der Waals surface area (Å²) in [5, 5.41) is 8.57. The van der Waals surface area contributed by atoms with Crippen LogP contribution >= 0.6 is 0 Å². The van der Waals surface area contributed by atoms with Gasteiger partial charge in [0, 0.05) is 0 Å². The van der Waals surface area contributed by atoms with Gasteiger partial charge in [-0.1, -0.05) is 18.2 Å². The van der Waals surface area contributed by atoms with Gasteiger partial charge in [-0.25, -0.2) is 8.42 Å². The summed E-state index contributed by atoms with van der Waals surface area (Å²) < 4.78 is 23.0. The van der Waals surface area contributed by atoms with Crippen LogP contribution in [0.3, 0.4) is 0 Å². The molecule has 0 aliphatic carbocycles. The van der Waals surface area contributed by atoms with E-state index in [4.69, 9.17) is 5.11 Å². The minimum absolute atomic E-state index is 0.210. The molecule has 0 aliphatic rings. The molecular formula is C9H12O3S.